The number of ketones is 1. The van der Waals surface area contributed by atoms with Crippen molar-refractivity contribution in [2.75, 3.05) is 0 Å². The van der Waals surface area contributed by atoms with Crippen LogP contribution >= 0.6 is 0 Å². The van der Waals surface area contributed by atoms with Crippen molar-refractivity contribution in [2.24, 2.45) is 0 Å². The fourth-order valence-electron chi connectivity index (χ4n) is 1.77. The van der Waals surface area contributed by atoms with Crippen LogP contribution in [0.2, 0.25) is 0 Å². The minimum atomic E-state index is 0.199. The lowest BCUT2D eigenvalue weighted by molar-refractivity contribution is -0.113. The van der Waals surface area contributed by atoms with Gasteiger partial charge < -0.3 is 0 Å². The zero-order valence-electron chi connectivity index (χ0n) is 7.55. The Labute approximate surface area is 78.1 Å². The molecule has 0 radical (unpaired) electrons. The lowest BCUT2D eigenvalue weighted by Gasteiger charge is -2.04. The van der Waals surface area contributed by atoms with Crippen LogP contribution in [-0.2, 0) is 11.2 Å². The molecule has 0 heterocycles. The second-order valence-corrected chi connectivity index (χ2v) is 3.41. The smallest absolute Gasteiger partial charge is 0.162 e. The van der Waals surface area contributed by atoms with Crippen molar-refractivity contribution in [3.8, 4) is 0 Å². The van der Waals surface area contributed by atoms with Gasteiger partial charge in [0.05, 0.1) is 0 Å². The number of rotatable bonds is 0. The molecule has 0 aromatic heterocycles. The highest BCUT2D eigenvalue weighted by Gasteiger charge is 2.16. The van der Waals surface area contributed by atoms with Crippen LogP contribution in [0.15, 0.2) is 30.8 Å². The molecule has 0 saturated carbocycles. The first-order chi connectivity index (χ1) is 6.29. The Bertz CT molecular complexity index is 363. The number of allylic oxidation sites excluding steroid dienone is 1. The number of benzene rings is 1. The number of carbonyl (C=O) groups is 1. The highest BCUT2D eigenvalue weighted by Crippen LogP contribution is 2.25. The summed E-state index contributed by atoms with van der Waals surface area (Å²) in [5, 5.41) is 0. The maximum atomic E-state index is 11.5. The second-order valence-electron chi connectivity index (χ2n) is 3.41. The summed E-state index contributed by atoms with van der Waals surface area (Å²) in [6.45, 7) is 3.85. The quantitative estimate of drug-likeness (QED) is 0.434. The number of hydrogen-bond donors (Lipinski definition) is 0. The van der Waals surface area contributed by atoms with E-state index in [0.717, 1.165) is 18.4 Å². The van der Waals surface area contributed by atoms with E-state index < -0.39 is 0 Å². The Kier molecular flexibility index (Phi) is 2.01. The third-order valence-electron chi connectivity index (χ3n) is 2.53. The van der Waals surface area contributed by atoms with Gasteiger partial charge in [0.15, 0.2) is 5.78 Å². The first-order valence-corrected chi connectivity index (χ1v) is 4.59. The normalized spacial score (nSPS) is 16.6. The summed E-state index contributed by atoms with van der Waals surface area (Å²) in [6.07, 6.45) is 2.60. The molecule has 2 rings (SSSR count). The fourth-order valence-corrected chi connectivity index (χ4v) is 1.77. The van der Waals surface area contributed by atoms with Crippen molar-refractivity contribution in [1.29, 1.82) is 0 Å². The van der Waals surface area contributed by atoms with Gasteiger partial charge in [-0.1, -0.05) is 30.8 Å². The predicted octanol–water partition coefficient (Wildman–Crippen LogP) is 2.61. The molecule has 1 aromatic rings. The van der Waals surface area contributed by atoms with Gasteiger partial charge in [0.1, 0.15) is 0 Å². The Morgan fingerprint density at radius 3 is 2.77 bits per heavy atom. The Balaban J connectivity index is 2.52. The second kappa shape index (κ2) is 3.17. The van der Waals surface area contributed by atoms with Crippen LogP contribution in [-0.4, -0.2) is 5.78 Å². The molecular formula is C12H12O. The lowest BCUT2D eigenvalue weighted by Crippen LogP contribution is -1.97. The zero-order valence-corrected chi connectivity index (χ0v) is 7.55. The maximum absolute atomic E-state index is 11.5. The highest BCUT2D eigenvalue weighted by atomic mass is 16.1. The lowest BCUT2D eigenvalue weighted by atomic mass is 9.99. The molecule has 1 nitrogen and oxygen atoms in total. The van der Waals surface area contributed by atoms with Crippen LogP contribution in [0.5, 0.6) is 0 Å². The summed E-state index contributed by atoms with van der Waals surface area (Å²) in [6, 6.07) is 8.05. The van der Waals surface area contributed by atoms with Gasteiger partial charge in [-0.2, -0.15) is 0 Å². The van der Waals surface area contributed by atoms with E-state index in [4.69, 9.17) is 0 Å². The summed E-state index contributed by atoms with van der Waals surface area (Å²) in [7, 11) is 0. The van der Waals surface area contributed by atoms with Gasteiger partial charge in [-0.3, -0.25) is 4.79 Å². The van der Waals surface area contributed by atoms with Gasteiger partial charge in [-0.15, -0.1) is 0 Å². The van der Waals surface area contributed by atoms with E-state index >= 15 is 0 Å². The van der Waals surface area contributed by atoms with Crippen LogP contribution in [0, 0.1) is 0 Å². The summed E-state index contributed by atoms with van der Waals surface area (Å²) in [5.74, 6) is 0.199. The maximum Gasteiger partial charge on any atom is 0.162 e. The topological polar surface area (TPSA) is 17.1 Å². The van der Waals surface area contributed by atoms with Crippen molar-refractivity contribution < 1.29 is 4.79 Å². The highest BCUT2D eigenvalue weighted by molar-refractivity contribution is 6.20. The van der Waals surface area contributed by atoms with Crippen LogP contribution in [0.25, 0.3) is 5.57 Å². The number of fused-ring (bicyclic) bond motifs is 1. The molecule has 0 saturated heterocycles. The first kappa shape index (κ1) is 8.24. The third-order valence-corrected chi connectivity index (χ3v) is 2.53. The van der Waals surface area contributed by atoms with Gasteiger partial charge in [0.2, 0.25) is 0 Å². The van der Waals surface area contributed by atoms with Gasteiger partial charge in [-0.25, -0.2) is 0 Å². The minimum absolute atomic E-state index is 0.199. The SMILES string of the molecule is C=C1C(=O)CCCc2ccccc21. The Morgan fingerprint density at radius 1 is 1.15 bits per heavy atom. The van der Waals surface area contributed by atoms with E-state index in [0.29, 0.717) is 12.0 Å². The number of hydrogen-bond acceptors (Lipinski definition) is 1. The standard InChI is InChI=1S/C12H12O/c1-9-11-7-3-2-5-10(11)6-4-8-12(9)13/h2-3,5,7H,1,4,6,8H2. The molecule has 0 atom stereocenters. The summed E-state index contributed by atoms with van der Waals surface area (Å²) in [4.78, 5) is 11.5. The number of carbonyl (C=O) groups excluding carboxylic acids is 1. The van der Waals surface area contributed by atoms with Crippen molar-refractivity contribution in [2.45, 2.75) is 19.3 Å². The van der Waals surface area contributed by atoms with Gasteiger partial charge in [0.25, 0.3) is 0 Å². The van der Waals surface area contributed by atoms with Gasteiger partial charge in [-0.05, 0) is 24.0 Å². The average Bonchev–Trinajstić information content (AvgIpc) is 2.29. The van der Waals surface area contributed by atoms with Crippen molar-refractivity contribution in [1.82, 2.24) is 0 Å². The molecule has 1 aliphatic carbocycles. The molecular weight excluding hydrogens is 160 g/mol. The minimum Gasteiger partial charge on any atom is -0.294 e. The van der Waals surface area contributed by atoms with Crippen molar-refractivity contribution in [3.05, 3.63) is 42.0 Å². The molecule has 0 bridgehead atoms. The van der Waals surface area contributed by atoms with Crippen molar-refractivity contribution in [3.63, 3.8) is 0 Å². The molecule has 0 fully saturated rings. The van der Waals surface area contributed by atoms with Crippen molar-refractivity contribution >= 4 is 11.4 Å². The molecule has 66 valence electrons. The van der Waals surface area contributed by atoms with E-state index in [1.54, 1.807) is 0 Å². The van der Waals surface area contributed by atoms with Crippen LogP contribution in [0.3, 0.4) is 0 Å². The fraction of sp³-hybridized carbons (Fsp3) is 0.250. The average molecular weight is 172 g/mol. The molecule has 1 heteroatoms. The molecule has 0 spiro atoms. The Hall–Kier alpha value is -1.37. The Morgan fingerprint density at radius 2 is 1.92 bits per heavy atom. The van der Waals surface area contributed by atoms with Crippen LogP contribution in [0.4, 0.5) is 0 Å². The van der Waals surface area contributed by atoms with Crippen LogP contribution < -0.4 is 0 Å². The zero-order chi connectivity index (χ0) is 9.26. The first-order valence-electron chi connectivity index (χ1n) is 4.59. The monoisotopic (exact) mass is 172 g/mol. The molecule has 0 amide bonds. The summed E-state index contributed by atoms with van der Waals surface area (Å²) >= 11 is 0. The van der Waals surface area contributed by atoms with Gasteiger partial charge >= 0.3 is 0 Å². The third kappa shape index (κ3) is 1.42. The summed E-state index contributed by atoms with van der Waals surface area (Å²) in [5.41, 5.74) is 3.00. The van der Waals surface area contributed by atoms with E-state index in [1.807, 2.05) is 18.2 Å². The van der Waals surface area contributed by atoms with Crippen LogP contribution in [0.1, 0.15) is 24.0 Å². The van der Waals surface area contributed by atoms with Gasteiger partial charge in [0, 0.05) is 12.0 Å². The van der Waals surface area contributed by atoms with E-state index in [-0.39, 0.29) is 5.78 Å². The predicted molar refractivity (Wildman–Crippen MR) is 53.4 cm³/mol. The number of aryl methyl sites for hydroxylation is 1. The molecule has 13 heavy (non-hydrogen) atoms. The molecule has 0 N–H and O–H groups in total. The summed E-state index contributed by atoms with van der Waals surface area (Å²) < 4.78 is 0. The van der Waals surface area contributed by atoms with E-state index in [9.17, 15) is 4.79 Å². The molecule has 0 unspecified atom stereocenters. The molecule has 0 aliphatic heterocycles. The van der Waals surface area contributed by atoms with E-state index in [1.165, 1.54) is 5.56 Å². The molecule has 1 aromatic carbocycles. The number of Topliss-reactive ketones (excluding diaryl/α,β-unsaturated/α-hetero) is 1. The van der Waals surface area contributed by atoms with E-state index in [2.05, 4.69) is 12.6 Å². The largest absolute Gasteiger partial charge is 0.294 e. The molecule has 1 aliphatic rings.